The highest BCUT2D eigenvalue weighted by Gasteiger charge is 2.02. The van der Waals surface area contributed by atoms with E-state index in [0.29, 0.717) is 0 Å². The van der Waals surface area contributed by atoms with E-state index in [1.807, 2.05) is 11.4 Å². The summed E-state index contributed by atoms with van der Waals surface area (Å²) in [6.07, 6.45) is 0. The van der Waals surface area contributed by atoms with Gasteiger partial charge in [-0.3, -0.25) is 0 Å². The van der Waals surface area contributed by atoms with E-state index in [1.54, 1.807) is 11.3 Å². The van der Waals surface area contributed by atoms with Crippen molar-refractivity contribution < 1.29 is 0 Å². The van der Waals surface area contributed by atoms with Crippen molar-refractivity contribution in [2.24, 2.45) is 0 Å². The Kier molecular flexibility index (Phi) is 3.82. The van der Waals surface area contributed by atoms with Crippen LogP contribution in [0, 0.1) is 18.3 Å². The van der Waals surface area contributed by atoms with Crippen LogP contribution in [0.15, 0.2) is 34.1 Å². The van der Waals surface area contributed by atoms with Crippen molar-refractivity contribution in [2.45, 2.75) is 13.5 Å². The third-order valence-electron chi connectivity index (χ3n) is 2.36. The van der Waals surface area contributed by atoms with E-state index in [0.717, 1.165) is 27.1 Å². The van der Waals surface area contributed by atoms with E-state index in [2.05, 4.69) is 52.4 Å². The van der Waals surface area contributed by atoms with Crippen LogP contribution >= 0.6 is 27.3 Å². The van der Waals surface area contributed by atoms with E-state index in [4.69, 9.17) is 5.26 Å². The van der Waals surface area contributed by atoms with Crippen LogP contribution in [-0.4, -0.2) is 0 Å². The molecule has 0 radical (unpaired) electrons. The molecule has 2 aromatic rings. The molecule has 2 nitrogen and oxygen atoms in total. The molecule has 0 aliphatic carbocycles. The second-order valence-electron chi connectivity index (χ2n) is 3.75. The zero-order valence-electron chi connectivity index (χ0n) is 9.33. The van der Waals surface area contributed by atoms with Gasteiger partial charge in [0.25, 0.3) is 0 Å². The van der Waals surface area contributed by atoms with Crippen LogP contribution in [0.25, 0.3) is 0 Å². The Balaban J connectivity index is 2.05. The number of rotatable bonds is 3. The number of aryl methyl sites for hydroxylation is 1. The lowest BCUT2D eigenvalue weighted by atomic mass is 10.2. The molecule has 2 rings (SSSR count). The summed E-state index contributed by atoms with van der Waals surface area (Å²) in [6, 6.07) is 10.3. The smallest absolute Gasteiger partial charge is 0.100 e. The second kappa shape index (κ2) is 5.35. The average Bonchev–Trinajstić information content (AvgIpc) is 2.76. The maximum Gasteiger partial charge on any atom is 0.100 e. The summed E-state index contributed by atoms with van der Waals surface area (Å²) >= 11 is 5.13. The van der Waals surface area contributed by atoms with Gasteiger partial charge in [0.2, 0.25) is 0 Å². The van der Waals surface area contributed by atoms with Gasteiger partial charge in [-0.1, -0.05) is 6.07 Å². The van der Waals surface area contributed by atoms with Gasteiger partial charge in [-0.05, 0) is 46.6 Å². The fourth-order valence-corrected chi connectivity index (χ4v) is 2.86. The van der Waals surface area contributed by atoms with Gasteiger partial charge in [0.15, 0.2) is 0 Å². The predicted octanol–water partition coefficient (Wildman–Crippen LogP) is 4.30. The monoisotopic (exact) mass is 306 g/mol. The van der Waals surface area contributed by atoms with Crippen molar-refractivity contribution in [3.63, 3.8) is 0 Å². The Morgan fingerprint density at radius 1 is 1.41 bits per heavy atom. The van der Waals surface area contributed by atoms with E-state index in [-0.39, 0.29) is 0 Å². The number of anilines is 1. The molecule has 86 valence electrons. The molecule has 0 fully saturated rings. The summed E-state index contributed by atoms with van der Waals surface area (Å²) < 4.78 is 1.06. The van der Waals surface area contributed by atoms with Crippen LogP contribution in [0.3, 0.4) is 0 Å². The molecule has 0 spiro atoms. The minimum atomic E-state index is 0.731. The van der Waals surface area contributed by atoms with E-state index >= 15 is 0 Å². The minimum Gasteiger partial charge on any atom is -0.379 e. The maximum atomic E-state index is 8.74. The molecule has 1 heterocycles. The lowest BCUT2D eigenvalue weighted by molar-refractivity contribution is 1.18. The number of hydrogen-bond donors (Lipinski definition) is 1. The SMILES string of the molecule is Cc1ccc(NCc2cc(C#N)cs2)c(Br)c1. The highest BCUT2D eigenvalue weighted by molar-refractivity contribution is 9.10. The van der Waals surface area contributed by atoms with Gasteiger partial charge in [0.05, 0.1) is 5.56 Å². The molecule has 0 saturated heterocycles. The first kappa shape index (κ1) is 12.2. The Labute approximate surface area is 113 Å². The molecule has 0 bridgehead atoms. The first-order valence-corrected chi connectivity index (χ1v) is 6.84. The standard InChI is InChI=1S/C13H11BrN2S/c1-9-2-3-13(12(14)4-9)16-7-11-5-10(6-15)8-17-11/h2-5,8,16H,7H2,1H3. The number of nitrogens with zero attached hydrogens (tertiary/aromatic N) is 1. The van der Waals surface area contributed by atoms with Gasteiger partial charge in [-0.2, -0.15) is 5.26 Å². The number of hydrogen-bond acceptors (Lipinski definition) is 3. The third-order valence-corrected chi connectivity index (χ3v) is 3.95. The molecular formula is C13H11BrN2S. The van der Waals surface area contributed by atoms with Gasteiger partial charge in [-0.25, -0.2) is 0 Å². The zero-order valence-corrected chi connectivity index (χ0v) is 11.7. The summed E-state index contributed by atoms with van der Waals surface area (Å²) in [4.78, 5) is 1.16. The Bertz CT molecular complexity index is 569. The highest BCUT2D eigenvalue weighted by atomic mass is 79.9. The molecule has 0 aliphatic heterocycles. The second-order valence-corrected chi connectivity index (χ2v) is 5.60. The molecule has 17 heavy (non-hydrogen) atoms. The lowest BCUT2D eigenvalue weighted by Gasteiger charge is -2.07. The van der Waals surface area contributed by atoms with Crippen LogP contribution in [0.5, 0.6) is 0 Å². The molecule has 1 aromatic heterocycles. The van der Waals surface area contributed by atoms with E-state index < -0.39 is 0 Å². The van der Waals surface area contributed by atoms with Crippen LogP contribution in [0.4, 0.5) is 5.69 Å². The van der Waals surface area contributed by atoms with Crippen LogP contribution in [0.2, 0.25) is 0 Å². The van der Waals surface area contributed by atoms with Gasteiger partial charge < -0.3 is 5.32 Å². The average molecular weight is 307 g/mol. The first-order chi connectivity index (χ1) is 8.19. The van der Waals surface area contributed by atoms with E-state index in [1.165, 1.54) is 5.56 Å². The fraction of sp³-hybridized carbons (Fsp3) is 0.154. The summed E-state index contributed by atoms with van der Waals surface area (Å²) in [5, 5.41) is 14.0. The maximum absolute atomic E-state index is 8.74. The Morgan fingerprint density at radius 2 is 2.24 bits per heavy atom. The van der Waals surface area contributed by atoms with Crippen molar-refractivity contribution in [3.8, 4) is 6.07 Å². The van der Waals surface area contributed by atoms with Crippen LogP contribution in [0.1, 0.15) is 16.0 Å². The highest BCUT2D eigenvalue weighted by Crippen LogP contribution is 2.24. The molecule has 1 N–H and O–H groups in total. The van der Waals surface area contributed by atoms with E-state index in [9.17, 15) is 0 Å². The predicted molar refractivity (Wildman–Crippen MR) is 75.2 cm³/mol. The normalized spacial score (nSPS) is 9.94. The number of nitrogens with one attached hydrogen (secondary N) is 1. The van der Waals surface area contributed by atoms with Crippen molar-refractivity contribution in [1.82, 2.24) is 0 Å². The van der Waals surface area contributed by atoms with Crippen molar-refractivity contribution in [3.05, 3.63) is 50.1 Å². The summed E-state index contributed by atoms with van der Waals surface area (Å²) in [5.41, 5.74) is 3.03. The molecular weight excluding hydrogens is 296 g/mol. The Morgan fingerprint density at radius 3 is 2.88 bits per heavy atom. The van der Waals surface area contributed by atoms with Crippen molar-refractivity contribution in [1.29, 1.82) is 5.26 Å². The largest absolute Gasteiger partial charge is 0.379 e. The van der Waals surface area contributed by atoms with Gasteiger partial charge in [-0.15, -0.1) is 11.3 Å². The van der Waals surface area contributed by atoms with Crippen LogP contribution in [-0.2, 0) is 6.54 Å². The molecule has 4 heteroatoms. The summed E-state index contributed by atoms with van der Waals surface area (Å²) in [6.45, 7) is 2.81. The number of benzene rings is 1. The number of thiophene rings is 1. The van der Waals surface area contributed by atoms with Gasteiger partial charge in [0, 0.05) is 27.0 Å². The summed E-state index contributed by atoms with van der Waals surface area (Å²) in [5.74, 6) is 0. The Hall–Kier alpha value is -1.31. The van der Waals surface area contributed by atoms with Crippen molar-refractivity contribution >= 4 is 33.0 Å². The van der Waals surface area contributed by atoms with Gasteiger partial charge >= 0.3 is 0 Å². The molecule has 0 saturated carbocycles. The number of halogens is 1. The van der Waals surface area contributed by atoms with Crippen LogP contribution < -0.4 is 5.32 Å². The third kappa shape index (κ3) is 3.09. The summed E-state index contributed by atoms with van der Waals surface area (Å²) in [7, 11) is 0. The zero-order chi connectivity index (χ0) is 12.3. The van der Waals surface area contributed by atoms with Crippen molar-refractivity contribution in [2.75, 3.05) is 5.32 Å². The molecule has 0 atom stereocenters. The molecule has 1 aromatic carbocycles. The quantitative estimate of drug-likeness (QED) is 0.917. The molecule has 0 aliphatic rings. The lowest BCUT2D eigenvalue weighted by Crippen LogP contribution is -1.98. The topological polar surface area (TPSA) is 35.8 Å². The number of nitriles is 1. The molecule has 0 amide bonds. The van der Waals surface area contributed by atoms with Gasteiger partial charge in [0.1, 0.15) is 6.07 Å². The fourth-order valence-electron chi connectivity index (χ4n) is 1.48. The first-order valence-electron chi connectivity index (χ1n) is 5.16. The minimum absolute atomic E-state index is 0.731. The molecule has 0 unspecified atom stereocenters.